The fourth-order valence-electron chi connectivity index (χ4n) is 2.44. The Kier molecular flexibility index (Phi) is 5.76. The molecule has 2 unspecified atom stereocenters. The van der Waals surface area contributed by atoms with Crippen LogP contribution < -0.4 is 10.6 Å². The molecule has 2 atom stereocenters. The largest absolute Gasteiger partial charge is 0.379 e. The van der Waals surface area contributed by atoms with Crippen LogP contribution >= 0.6 is 0 Å². The maximum absolute atomic E-state index is 13.0. The zero-order valence-electron chi connectivity index (χ0n) is 11.5. The molecule has 0 radical (unpaired) electrons. The molecule has 0 aromatic heterocycles. The number of hydrogen-bond donors (Lipinski definition) is 2. The molecule has 1 fully saturated rings. The molecule has 19 heavy (non-hydrogen) atoms. The molecular weight excluding hydrogens is 243 g/mol. The van der Waals surface area contributed by atoms with E-state index in [-0.39, 0.29) is 5.82 Å². The second-order valence-electron chi connectivity index (χ2n) is 5.20. The average Bonchev–Trinajstić information content (AvgIpc) is 2.40. The van der Waals surface area contributed by atoms with Gasteiger partial charge < -0.3 is 15.4 Å². The average molecular weight is 266 g/mol. The van der Waals surface area contributed by atoms with Gasteiger partial charge in [-0.15, -0.1) is 0 Å². The first-order valence-corrected chi connectivity index (χ1v) is 7.03. The van der Waals surface area contributed by atoms with E-state index in [0.717, 1.165) is 44.7 Å². The van der Waals surface area contributed by atoms with Crippen molar-refractivity contribution in [2.24, 2.45) is 0 Å². The van der Waals surface area contributed by atoms with Crippen molar-refractivity contribution in [3.8, 4) is 0 Å². The highest BCUT2D eigenvalue weighted by molar-refractivity contribution is 5.16. The summed E-state index contributed by atoms with van der Waals surface area (Å²) in [5, 5.41) is 6.93. The molecule has 0 amide bonds. The SMILES string of the molecule is CC(CC1COCCN1)NCCc1cccc(F)c1. The summed E-state index contributed by atoms with van der Waals surface area (Å²) in [4.78, 5) is 0. The molecule has 2 rings (SSSR count). The molecule has 106 valence electrons. The number of ether oxygens (including phenoxy) is 1. The van der Waals surface area contributed by atoms with Gasteiger partial charge in [-0.3, -0.25) is 0 Å². The third kappa shape index (κ3) is 5.27. The van der Waals surface area contributed by atoms with Crippen molar-refractivity contribution in [1.29, 1.82) is 0 Å². The molecule has 2 N–H and O–H groups in total. The van der Waals surface area contributed by atoms with Crippen LogP contribution in [0.25, 0.3) is 0 Å². The van der Waals surface area contributed by atoms with Crippen LogP contribution in [0.15, 0.2) is 24.3 Å². The topological polar surface area (TPSA) is 33.3 Å². The van der Waals surface area contributed by atoms with Crippen LogP contribution in [0, 0.1) is 5.82 Å². The Morgan fingerprint density at radius 1 is 1.53 bits per heavy atom. The highest BCUT2D eigenvalue weighted by atomic mass is 19.1. The second-order valence-corrected chi connectivity index (χ2v) is 5.20. The number of nitrogens with one attached hydrogen (secondary N) is 2. The first kappa shape index (κ1) is 14.4. The third-order valence-electron chi connectivity index (χ3n) is 3.43. The Labute approximate surface area is 114 Å². The molecule has 1 aliphatic heterocycles. The fourth-order valence-corrected chi connectivity index (χ4v) is 2.44. The Hall–Kier alpha value is -0.970. The Balaban J connectivity index is 1.64. The Morgan fingerprint density at radius 2 is 2.42 bits per heavy atom. The summed E-state index contributed by atoms with van der Waals surface area (Å²) in [5.41, 5.74) is 1.04. The van der Waals surface area contributed by atoms with Gasteiger partial charge in [0.15, 0.2) is 0 Å². The van der Waals surface area contributed by atoms with Crippen molar-refractivity contribution in [2.45, 2.75) is 31.8 Å². The standard InChI is InChI=1S/C15H23FN2O/c1-12(9-15-11-19-8-7-18-15)17-6-5-13-3-2-4-14(16)10-13/h2-4,10,12,15,17-18H,5-9,11H2,1H3. The van der Waals surface area contributed by atoms with Gasteiger partial charge in [0.2, 0.25) is 0 Å². The smallest absolute Gasteiger partial charge is 0.123 e. The highest BCUT2D eigenvalue weighted by Crippen LogP contribution is 2.05. The van der Waals surface area contributed by atoms with Gasteiger partial charge >= 0.3 is 0 Å². The molecule has 0 spiro atoms. The van der Waals surface area contributed by atoms with Crippen molar-refractivity contribution in [1.82, 2.24) is 10.6 Å². The van der Waals surface area contributed by atoms with Gasteiger partial charge in [-0.05, 0) is 44.0 Å². The molecule has 1 saturated heterocycles. The Bertz CT molecular complexity index is 380. The number of benzene rings is 1. The minimum atomic E-state index is -0.158. The van der Waals surface area contributed by atoms with Crippen LogP contribution in [0.2, 0.25) is 0 Å². The normalized spacial score (nSPS) is 21.3. The monoisotopic (exact) mass is 266 g/mol. The van der Waals surface area contributed by atoms with Gasteiger partial charge in [-0.25, -0.2) is 4.39 Å². The van der Waals surface area contributed by atoms with E-state index < -0.39 is 0 Å². The summed E-state index contributed by atoms with van der Waals surface area (Å²) in [5.74, 6) is -0.158. The Morgan fingerprint density at radius 3 is 3.16 bits per heavy atom. The number of halogens is 1. The zero-order chi connectivity index (χ0) is 13.5. The molecule has 1 aliphatic rings. The number of rotatable bonds is 6. The van der Waals surface area contributed by atoms with E-state index in [1.807, 2.05) is 6.07 Å². The zero-order valence-corrected chi connectivity index (χ0v) is 11.5. The predicted octanol–water partition coefficient (Wildman–Crippen LogP) is 1.72. The number of hydrogen-bond acceptors (Lipinski definition) is 3. The van der Waals surface area contributed by atoms with E-state index in [9.17, 15) is 4.39 Å². The molecule has 1 aromatic carbocycles. The van der Waals surface area contributed by atoms with E-state index >= 15 is 0 Å². The van der Waals surface area contributed by atoms with Crippen LogP contribution in [0.1, 0.15) is 18.9 Å². The van der Waals surface area contributed by atoms with E-state index in [0.29, 0.717) is 12.1 Å². The summed E-state index contributed by atoms with van der Waals surface area (Å²) in [6.45, 7) is 5.62. The molecular formula is C15H23FN2O. The fraction of sp³-hybridized carbons (Fsp3) is 0.600. The van der Waals surface area contributed by atoms with Crippen LogP contribution in [-0.4, -0.2) is 38.4 Å². The van der Waals surface area contributed by atoms with Crippen molar-refractivity contribution >= 4 is 0 Å². The predicted molar refractivity (Wildman–Crippen MR) is 74.8 cm³/mol. The lowest BCUT2D eigenvalue weighted by Crippen LogP contribution is -2.45. The van der Waals surface area contributed by atoms with Gasteiger partial charge in [-0.1, -0.05) is 12.1 Å². The van der Waals surface area contributed by atoms with E-state index in [1.54, 1.807) is 12.1 Å². The lowest BCUT2D eigenvalue weighted by atomic mass is 10.1. The summed E-state index contributed by atoms with van der Waals surface area (Å²) < 4.78 is 18.5. The van der Waals surface area contributed by atoms with Crippen molar-refractivity contribution in [3.05, 3.63) is 35.6 Å². The van der Waals surface area contributed by atoms with Crippen molar-refractivity contribution in [2.75, 3.05) is 26.3 Å². The van der Waals surface area contributed by atoms with Gasteiger partial charge in [0, 0.05) is 18.6 Å². The summed E-state index contributed by atoms with van der Waals surface area (Å²) in [6, 6.07) is 7.69. The van der Waals surface area contributed by atoms with Crippen LogP contribution in [0.3, 0.4) is 0 Å². The maximum Gasteiger partial charge on any atom is 0.123 e. The van der Waals surface area contributed by atoms with Crippen LogP contribution in [0.4, 0.5) is 4.39 Å². The van der Waals surface area contributed by atoms with Gasteiger partial charge in [0.25, 0.3) is 0 Å². The molecule has 0 saturated carbocycles. The quantitative estimate of drug-likeness (QED) is 0.822. The second kappa shape index (κ2) is 7.58. The third-order valence-corrected chi connectivity index (χ3v) is 3.43. The minimum Gasteiger partial charge on any atom is -0.379 e. The lowest BCUT2D eigenvalue weighted by Gasteiger charge is -2.26. The minimum absolute atomic E-state index is 0.158. The van der Waals surface area contributed by atoms with E-state index in [1.165, 1.54) is 6.07 Å². The summed E-state index contributed by atoms with van der Waals surface area (Å²) in [7, 11) is 0. The molecule has 4 heteroatoms. The first-order chi connectivity index (χ1) is 9.24. The van der Waals surface area contributed by atoms with Crippen LogP contribution in [0.5, 0.6) is 0 Å². The molecule has 0 bridgehead atoms. The maximum atomic E-state index is 13.0. The molecule has 1 aromatic rings. The summed E-state index contributed by atoms with van der Waals surface area (Å²) in [6.07, 6.45) is 1.92. The van der Waals surface area contributed by atoms with Gasteiger partial charge in [0.1, 0.15) is 5.82 Å². The first-order valence-electron chi connectivity index (χ1n) is 7.03. The highest BCUT2D eigenvalue weighted by Gasteiger charge is 2.15. The lowest BCUT2D eigenvalue weighted by molar-refractivity contribution is 0.0713. The van der Waals surface area contributed by atoms with Gasteiger partial charge in [-0.2, -0.15) is 0 Å². The summed E-state index contributed by atoms with van der Waals surface area (Å²) >= 11 is 0. The van der Waals surface area contributed by atoms with E-state index in [4.69, 9.17) is 4.74 Å². The molecule has 1 heterocycles. The van der Waals surface area contributed by atoms with E-state index in [2.05, 4.69) is 17.6 Å². The number of morpholine rings is 1. The van der Waals surface area contributed by atoms with Crippen LogP contribution in [-0.2, 0) is 11.2 Å². The molecule has 0 aliphatic carbocycles. The van der Waals surface area contributed by atoms with Crippen molar-refractivity contribution in [3.63, 3.8) is 0 Å². The molecule has 3 nitrogen and oxygen atoms in total. The van der Waals surface area contributed by atoms with Gasteiger partial charge in [0.05, 0.1) is 13.2 Å². The van der Waals surface area contributed by atoms with Crippen molar-refractivity contribution < 1.29 is 9.13 Å².